The monoisotopic (exact) mass is 333 g/mol. The van der Waals surface area contributed by atoms with Gasteiger partial charge < -0.3 is 24.8 Å². The molecule has 6 nitrogen and oxygen atoms in total. The molecule has 0 amide bonds. The van der Waals surface area contributed by atoms with Crippen LogP contribution in [0.5, 0.6) is 11.5 Å². The van der Waals surface area contributed by atoms with Crippen molar-refractivity contribution in [2.24, 2.45) is 4.99 Å². The van der Waals surface area contributed by atoms with E-state index in [-0.39, 0.29) is 6.10 Å². The summed E-state index contributed by atoms with van der Waals surface area (Å²) in [6.07, 6.45) is 4.70. The molecule has 6 heteroatoms. The van der Waals surface area contributed by atoms with E-state index in [0.717, 1.165) is 62.0 Å². The van der Waals surface area contributed by atoms with Gasteiger partial charge in [-0.15, -0.1) is 0 Å². The van der Waals surface area contributed by atoms with Crippen molar-refractivity contribution in [2.45, 2.75) is 38.3 Å². The van der Waals surface area contributed by atoms with Crippen molar-refractivity contribution in [3.8, 4) is 11.5 Å². The van der Waals surface area contributed by atoms with E-state index in [9.17, 15) is 0 Å². The molecule has 132 valence electrons. The van der Waals surface area contributed by atoms with Crippen LogP contribution in [0.25, 0.3) is 0 Å². The lowest BCUT2D eigenvalue weighted by atomic mass is 10.2. The quantitative estimate of drug-likeness (QED) is 0.834. The van der Waals surface area contributed by atoms with Crippen molar-refractivity contribution in [3.05, 3.63) is 23.8 Å². The summed E-state index contributed by atoms with van der Waals surface area (Å²) in [5.41, 5.74) is 1.13. The zero-order chi connectivity index (χ0) is 16.6. The molecule has 0 spiro atoms. The Morgan fingerprint density at radius 2 is 2.25 bits per heavy atom. The molecule has 1 fully saturated rings. The summed E-state index contributed by atoms with van der Waals surface area (Å²) in [5, 5.41) is 6.66. The molecule has 1 atom stereocenters. The summed E-state index contributed by atoms with van der Waals surface area (Å²) in [4.78, 5) is 4.50. The standard InChI is InChI=1S/C18H27N3O3/c1-22-17-11-14(12-21-18-19-8-2-3-9-20-18)6-7-16(17)24-13-15-5-4-10-23-15/h6-7,11,15H,2-5,8-10,12-13H2,1H3,(H2,19,20,21). The van der Waals surface area contributed by atoms with Crippen LogP contribution in [0.4, 0.5) is 0 Å². The maximum Gasteiger partial charge on any atom is 0.191 e. The SMILES string of the molecule is COc1cc(CNC2=NCCCCN2)ccc1OCC1CCCO1. The smallest absolute Gasteiger partial charge is 0.191 e. The van der Waals surface area contributed by atoms with Gasteiger partial charge in [-0.1, -0.05) is 6.07 Å². The second-order valence-corrected chi connectivity index (χ2v) is 6.15. The minimum atomic E-state index is 0.204. The topological polar surface area (TPSA) is 64.1 Å². The Labute approximate surface area is 143 Å². The molecule has 24 heavy (non-hydrogen) atoms. The Morgan fingerprint density at radius 3 is 3.08 bits per heavy atom. The summed E-state index contributed by atoms with van der Waals surface area (Å²) in [7, 11) is 1.67. The maximum absolute atomic E-state index is 5.87. The zero-order valence-corrected chi connectivity index (χ0v) is 14.3. The minimum Gasteiger partial charge on any atom is -0.493 e. The Bertz CT molecular complexity index is 556. The van der Waals surface area contributed by atoms with Crippen LogP contribution < -0.4 is 20.1 Å². The number of benzene rings is 1. The van der Waals surface area contributed by atoms with Crippen LogP contribution in [-0.2, 0) is 11.3 Å². The molecular formula is C18H27N3O3. The average molecular weight is 333 g/mol. The predicted molar refractivity (Wildman–Crippen MR) is 93.8 cm³/mol. The Balaban J connectivity index is 1.55. The third-order valence-corrected chi connectivity index (χ3v) is 4.28. The summed E-state index contributed by atoms with van der Waals surface area (Å²) in [6, 6.07) is 6.03. The van der Waals surface area contributed by atoms with E-state index in [1.54, 1.807) is 7.11 Å². The predicted octanol–water partition coefficient (Wildman–Crippen LogP) is 2.08. The number of guanidine groups is 1. The van der Waals surface area contributed by atoms with E-state index in [4.69, 9.17) is 14.2 Å². The molecule has 2 N–H and O–H groups in total. The van der Waals surface area contributed by atoms with Gasteiger partial charge >= 0.3 is 0 Å². The highest BCUT2D eigenvalue weighted by Gasteiger charge is 2.17. The number of hydrogen-bond donors (Lipinski definition) is 2. The van der Waals surface area contributed by atoms with Crippen molar-refractivity contribution < 1.29 is 14.2 Å². The molecule has 0 aliphatic carbocycles. The van der Waals surface area contributed by atoms with Crippen LogP contribution >= 0.6 is 0 Å². The average Bonchev–Trinajstić information content (AvgIpc) is 3.00. The van der Waals surface area contributed by atoms with Crippen molar-refractivity contribution in [1.82, 2.24) is 10.6 Å². The van der Waals surface area contributed by atoms with Crippen LogP contribution in [-0.4, -0.2) is 45.5 Å². The maximum atomic E-state index is 5.87. The molecule has 1 saturated heterocycles. The van der Waals surface area contributed by atoms with Crippen molar-refractivity contribution in [1.29, 1.82) is 0 Å². The first-order valence-electron chi connectivity index (χ1n) is 8.78. The van der Waals surface area contributed by atoms with Gasteiger partial charge in [-0.2, -0.15) is 0 Å². The Hall–Kier alpha value is -1.95. The van der Waals surface area contributed by atoms with Gasteiger partial charge in [-0.3, -0.25) is 4.99 Å². The van der Waals surface area contributed by atoms with Crippen LogP contribution in [0.15, 0.2) is 23.2 Å². The lowest BCUT2D eigenvalue weighted by molar-refractivity contribution is 0.0669. The summed E-state index contributed by atoms with van der Waals surface area (Å²) in [6.45, 7) is 3.98. The third-order valence-electron chi connectivity index (χ3n) is 4.28. The van der Waals surface area contributed by atoms with Gasteiger partial charge in [0.1, 0.15) is 6.61 Å². The van der Waals surface area contributed by atoms with E-state index >= 15 is 0 Å². The van der Waals surface area contributed by atoms with Gasteiger partial charge in [0, 0.05) is 26.2 Å². The zero-order valence-electron chi connectivity index (χ0n) is 14.3. The first kappa shape index (κ1) is 16.9. The van der Waals surface area contributed by atoms with Crippen molar-refractivity contribution >= 4 is 5.96 Å². The molecule has 2 heterocycles. The first-order chi connectivity index (χ1) is 11.8. The molecule has 0 bridgehead atoms. The fourth-order valence-electron chi connectivity index (χ4n) is 2.89. The van der Waals surface area contributed by atoms with Gasteiger partial charge in [0.2, 0.25) is 0 Å². The molecule has 1 aromatic carbocycles. The highest BCUT2D eigenvalue weighted by molar-refractivity contribution is 5.79. The molecule has 0 saturated carbocycles. The number of nitrogens with one attached hydrogen (secondary N) is 2. The second kappa shape index (κ2) is 8.78. The largest absolute Gasteiger partial charge is 0.493 e. The Morgan fingerprint density at radius 1 is 1.29 bits per heavy atom. The molecule has 3 rings (SSSR count). The van der Waals surface area contributed by atoms with Gasteiger partial charge in [-0.05, 0) is 43.4 Å². The molecular weight excluding hydrogens is 306 g/mol. The van der Waals surface area contributed by atoms with E-state index in [1.807, 2.05) is 12.1 Å². The first-order valence-corrected chi connectivity index (χ1v) is 8.78. The molecule has 2 aliphatic heterocycles. The lowest BCUT2D eigenvalue weighted by Gasteiger charge is -2.15. The fourth-order valence-corrected chi connectivity index (χ4v) is 2.89. The van der Waals surface area contributed by atoms with E-state index in [0.29, 0.717) is 13.2 Å². The fraction of sp³-hybridized carbons (Fsp3) is 0.611. The van der Waals surface area contributed by atoms with Crippen molar-refractivity contribution in [2.75, 3.05) is 33.4 Å². The van der Waals surface area contributed by atoms with E-state index < -0.39 is 0 Å². The summed E-state index contributed by atoms with van der Waals surface area (Å²) in [5.74, 6) is 2.40. The number of methoxy groups -OCH3 is 1. The van der Waals surface area contributed by atoms with Crippen molar-refractivity contribution in [3.63, 3.8) is 0 Å². The molecule has 0 radical (unpaired) electrons. The summed E-state index contributed by atoms with van der Waals surface area (Å²) >= 11 is 0. The van der Waals surface area contributed by atoms with Crippen LogP contribution in [0.2, 0.25) is 0 Å². The number of aliphatic imine (C=N–C) groups is 1. The highest BCUT2D eigenvalue weighted by Crippen LogP contribution is 2.29. The molecule has 1 unspecified atom stereocenters. The summed E-state index contributed by atoms with van der Waals surface area (Å²) < 4.78 is 16.9. The second-order valence-electron chi connectivity index (χ2n) is 6.15. The van der Waals surface area contributed by atoms with Crippen LogP contribution in [0.3, 0.4) is 0 Å². The van der Waals surface area contributed by atoms with Gasteiger partial charge in [0.15, 0.2) is 17.5 Å². The van der Waals surface area contributed by atoms with Gasteiger partial charge in [0.25, 0.3) is 0 Å². The normalized spacial score (nSPS) is 20.7. The number of rotatable bonds is 6. The third kappa shape index (κ3) is 4.77. The lowest BCUT2D eigenvalue weighted by Crippen LogP contribution is -2.36. The van der Waals surface area contributed by atoms with E-state index in [1.165, 1.54) is 6.42 Å². The number of nitrogens with zero attached hydrogens (tertiary/aromatic N) is 1. The molecule has 1 aromatic rings. The highest BCUT2D eigenvalue weighted by atomic mass is 16.5. The van der Waals surface area contributed by atoms with Gasteiger partial charge in [-0.25, -0.2) is 0 Å². The Kier molecular flexibility index (Phi) is 6.18. The van der Waals surface area contributed by atoms with E-state index in [2.05, 4.69) is 21.7 Å². The van der Waals surface area contributed by atoms with Crippen LogP contribution in [0, 0.1) is 0 Å². The number of ether oxygens (including phenoxy) is 3. The van der Waals surface area contributed by atoms with Gasteiger partial charge in [0.05, 0.1) is 13.2 Å². The molecule has 0 aromatic heterocycles. The molecule has 2 aliphatic rings. The van der Waals surface area contributed by atoms with Crippen LogP contribution in [0.1, 0.15) is 31.2 Å². The number of hydrogen-bond acceptors (Lipinski definition) is 6. The minimum absolute atomic E-state index is 0.204.